The molecule has 28 heavy (non-hydrogen) atoms. The van der Waals surface area contributed by atoms with Crippen LogP contribution in [0.1, 0.15) is 22.8 Å². The highest BCUT2D eigenvalue weighted by atomic mass is 16.5. The number of methoxy groups -OCH3 is 2. The Morgan fingerprint density at radius 1 is 1.04 bits per heavy atom. The van der Waals surface area contributed by atoms with E-state index in [1.54, 1.807) is 42.5 Å². The van der Waals surface area contributed by atoms with Crippen molar-refractivity contribution in [1.29, 1.82) is 0 Å². The molecular formula is C21H21NO6. The molecule has 1 amide bonds. The summed E-state index contributed by atoms with van der Waals surface area (Å²) in [5, 5.41) is 2.56. The normalized spacial score (nSPS) is 10.4. The molecule has 146 valence electrons. The summed E-state index contributed by atoms with van der Waals surface area (Å²) in [5.41, 5.74) is 1.37. The molecule has 0 radical (unpaired) electrons. The monoisotopic (exact) mass is 383 g/mol. The van der Waals surface area contributed by atoms with Crippen molar-refractivity contribution in [3.8, 4) is 11.5 Å². The molecule has 7 nitrogen and oxygen atoms in total. The van der Waals surface area contributed by atoms with Crippen LogP contribution in [0, 0.1) is 0 Å². The molecule has 0 fully saturated rings. The maximum atomic E-state index is 12.0. The first-order chi connectivity index (χ1) is 13.4. The van der Waals surface area contributed by atoms with Gasteiger partial charge in [0.1, 0.15) is 11.5 Å². The van der Waals surface area contributed by atoms with Gasteiger partial charge in [-0.05, 0) is 43.3 Å². The number of amides is 1. The number of rotatable bonds is 8. The van der Waals surface area contributed by atoms with Crippen LogP contribution >= 0.6 is 0 Å². The number of benzene rings is 2. The Hall–Kier alpha value is -3.61. The fourth-order valence-corrected chi connectivity index (χ4v) is 2.40. The number of ether oxygens (including phenoxy) is 3. The molecule has 0 heterocycles. The number of hydrogen-bond donors (Lipinski definition) is 1. The summed E-state index contributed by atoms with van der Waals surface area (Å²) in [6.45, 7) is 0.924. The van der Waals surface area contributed by atoms with E-state index in [1.807, 2.05) is 0 Å². The molecule has 0 spiro atoms. The van der Waals surface area contributed by atoms with E-state index in [4.69, 9.17) is 14.2 Å². The minimum absolute atomic E-state index is 0.178. The third-order valence-electron chi connectivity index (χ3n) is 3.76. The van der Waals surface area contributed by atoms with Crippen LogP contribution in [-0.4, -0.2) is 38.5 Å². The SMILES string of the molecule is COc1ccc(OC)c(/C=C/C(=O)OCC(=O)Nc2ccccc2C(C)=O)c1. The third-order valence-corrected chi connectivity index (χ3v) is 3.76. The number of carbonyl (C=O) groups is 3. The van der Waals surface area contributed by atoms with Crippen molar-refractivity contribution >= 4 is 29.4 Å². The molecule has 0 bridgehead atoms. The maximum absolute atomic E-state index is 12.0. The van der Waals surface area contributed by atoms with E-state index in [0.29, 0.717) is 28.3 Å². The average Bonchev–Trinajstić information content (AvgIpc) is 2.70. The lowest BCUT2D eigenvalue weighted by Crippen LogP contribution is -2.21. The second-order valence-corrected chi connectivity index (χ2v) is 5.70. The van der Waals surface area contributed by atoms with Crippen LogP contribution in [0.25, 0.3) is 6.08 Å². The summed E-state index contributed by atoms with van der Waals surface area (Å²) in [4.78, 5) is 35.4. The van der Waals surface area contributed by atoms with Gasteiger partial charge in [-0.2, -0.15) is 0 Å². The Labute approximate surface area is 162 Å². The van der Waals surface area contributed by atoms with Gasteiger partial charge in [0.2, 0.25) is 0 Å². The quantitative estimate of drug-likeness (QED) is 0.428. The molecule has 0 saturated heterocycles. The number of Topliss-reactive ketones (excluding diaryl/α,β-unsaturated/α-hetero) is 1. The van der Waals surface area contributed by atoms with Gasteiger partial charge in [0, 0.05) is 17.2 Å². The summed E-state index contributed by atoms with van der Waals surface area (Å²) in [6.07, 6.45) is 2.70. The van der Waals surface area contributed by atoms with E-state index in [9.17, 15) is 14.4 Å². The van der Waals surface area contributed by atoms with Crippen LogP contribution in [0.4, 0.5) is 5.69 Å². The Bertz CT molecular complexity index is 904. The lowest BCUT2D eigenvalue weighted by atomic mass is 10.1. The number of esters is 1. The zero-order valence-corrected chi connectivity index (χ0v) is 15.9. The summed E-state index contributed by atoms with van der Waals surface area (Å²) >= 11 is 0. The number of anilines is 1. The van der Waals surface area contributed by atoms with Gasteiger partial charge in [-0.15, -0.1) is 0 Å². The zero-order chi connectivity index (χ0) is 20.5. The topological polar surface area (TPSA) is 90.9 Å². The Balaban J connectivity index is 1.95. The predicted octanol–water partition coefficient (Wildman–Crippen LogP) is 3.10. The lowest BCUT2D eigenvalue weighted by molar-refractivity contribution is -0.142. The standard InChI is InChI=1S/C21H21NO6/c1-14(23)17-6-4-5-7-18(17)22-20(24)13-28-21(25)11-8-15-12-16(26-2)9-10-19(15)27-3/h4-12H,13H2,1-3H3,(H,22,24)/b11-8+. The Morgan fingerprint density at radius 3 is 2.46 bits per heavy atom. The summed E-state index contributed by atoms with van der Waals surface area (Å²) in [7, 11) is 3.05. The largest absolute Gasteiger partial charge is 0.497 e. The number of nitrogens with one attached hydrogen (secondary N) is 1. The summed E-state index contributed by atoms with van der Waals surface area (Å²) in [5.74, 6) is -0.252. The highest BCUT2D eigenvalue weighted by Crippen LogP contribution is 2.25. The van der Waals surface area contributed by atoms with Crippen LogP contribution in [0.15, 0.2) is 48.5 Å². The molecule has 2 aromatic carbocycles. The van der Waals surface area contributed by atoms with Crippen molar-refractivity contribution in [3.63, 3.8) is 0 Å². The lowest BCUT2D eigenvalue weighted by Gasteiger charge is -2.09. The number of hydrogen-bond acceptors (Lipinski definition) is 6. The average molecular weight is 383 g/mol. The summed E-state index contributed by atoms with van der Waals surface area (Å²) < 4.78 is 15.3. The van der Waals surface area contributed by atoms with Gasteiger partial charge in [0.25, 0.3) is 5.91 Å². The molecule has 7 heteroatoms. The molecule has 0 atom stereocenters. The second kappa shape index (κ2) is 9.91. The van der Waals surface area contributed by atoms with Crippen molar-refractivity contribution < 1.29 is 28.6 Å². The highest BCUT2D eigenvalue weighted by Gasteiger charge is 2.11. The minimum atomic E-state index is -0.695. The zero-order valence-electron chi connectivity index (χ0n) is 15.9. The molecule has 0 aliphatic heterocycles. The first-order valence-electron chi connectivity index (χ1n) is 8.41. The molecule has 0 aromatic heterocycles. The maximum Gasteiger partial charge on any atom is 0.331 e. The Morgan fingerprint density at radius 2 is 1.79 bits per heavy atom. The van der Waals surface area contributed by atoms with Crippen LogP contribution in [0.3, 0.4) is 0 Å². The van der Waals surface area contributed by atoms with E-state index in [0.717, 1.165) is 0 Å². The van der Waals surface area contributed by atoms with Crippen molar-refractivity contribution in [2.75, 3.05) is 26.1 Å². The van der Waals surface area contributed by atoms with E-state index in [1.165, 1.54) is 33.3 Å². The molecule has 2 aromatic rings. The number of para-hydroxylation sites is 1. The van der Waals surface area contributed by atoms with Crippen molar-refractivity contribution in [2.45, 2.75) is 6.92 Å². The van der Waals surface area contributed by atoms with E-state index in [-0.39, 0.29) is 5.78 Å². The second-order valence-electron chi connectivity index (χ2n) is 5.70. The highest BCUT2D eigenvalue weighted by molar-refractivity contribution is 6.04. The van der Waals surface area contributed by atoms with Crippen molar-refractivity contribution in [3.05, 3.63) is 59.7 Å². The third kappa shape index (κ3) is 5.70. The van der Waals surface area contributed by atoms with Gasteiger partial charge in [0.15, 0.2) is 12.4 Å². The van der Waals surface area contributed by atoms with E-state index < -0.39 is 18.5 Å². The predicted molar refractivity (Wildman–Crippen MR) is 105 cm³/mol. The van der Waals surface area contributed by atoms with Gasteiger partial charge in [-0.3, -0.25) is 9.59 Å². The van der Waals surface area contributed by atoms with Gasteiger partial charge in [-0.25, -0.2) is 4.79 Å². The molecule has 0 aliphatic rings. The van der Waals surface area contributed by atoms with E-state index >= 15 is 0 Å². The van der Waals surface area contributed by atoms with Crippen molar-refractivity contribution in [2.24, 2.45) is 0 Å². The first kappa shape index (κ1) is 20.7. The van der Waals surface area contributed by atoms with Crippen LogP contribution in [-0.2, 0) is 14.3 Å². The van der Waals surface area contributed by atoms with Crippen LogP contribution in [0.5, 0.6) is 11.5 Å². The summed E-state index contributed by atoms with van der Waals surface area (Å²) in [6, 6.07) is 11.7. The Kier molecular flexibility index (Phi) is 7.33. The van der Waals surface area contributed by atoms with Gasteiger partial charge < -0.3 is 19.5 Å². The molecule has 0 aliphatic carbocycles. The fraction of sp³-hybridized carbons (Fsp3) is 0.190. The molecule has 0 saturated carbocycles. The van der Waals surface area contributed by atoms with Crippen LogP contribution < -0.4 is 14.8 Å². The minimum Gasteiger partial charge on any atom is -0.497 e. The van der Waals surface area contributed by atoms with Crippen LogP contribution in [0.2, 0.25) is 0 Å². The van der Waals surface area contributed by atoms with Gasteiger partial charge >= 0.3 is 5.97 Å². The first-order valence-corrected chi connectivity index (χ1v) is 8.41. The number of carbonyl (C=O) groups excluding carboxylic acids is 3. The fourth-order valence-electron chi connectivity index (χ4n) is 2.40. The van der Waals surface area contributed by atoms with Gasteiger partial charge in [0.05, 0.1) is 19.9 Å². The molecule has 1 N–H and O–H groups in total. The molecule has 2 rings (SSSR count). The smallest absolute Gasteiger partial charge is 0.331 e. The van der Waals surface area contributed by atoms with Gasteiger partial charge in [-0.1, -0.05) is 12.1 Å². The van der Waals surface area contributed by atoms with E-state index in [2.05, 4.69) is 5.32 Å². The molecular weight excluding hydrogens is 362 g/mol. The molecule has 0 unspecified atom stereocenters. The van der Waals surface area contributed by atoms with Crippen molar-refractivity contribution in [1.82, 2.24) is 0 Å². The number of ketones is 1.